The molecule has 0 radical (unpaired) electrons. The van der Waals surface area contributed by atoms with Crippen LogP contribution in [0.5, 0.6) is 0 Å². The van der Waals surface area contributed by atoms with Crippen molar-refractivity contribution in [2.24, 2.45) is 0 Å². The molecule has 2 unspecified atom stereocenters. The monoisotopic (exact) mass is 243 g/mol. The minimum absolute atomic E-state index is 0.498. The lowest BCUT2D eigenvalue weighted by Gasteiger charge is -2.20. The molecule has 0 saturated carbocycles. The maximum atomic E-state index is 10.8. The molecule has 1 aromatic carbocycles. The third kappa shape index (κ3) is 2.23. The predicted octanol–water partition coefficient (Wildman–Crippen LogP) is 2.55. The number of hydrogen-bond acceptors (Lipinski definition) is 2. The molecule has 3 nitrogen and oxygen atoms in total. The molecular weight excluding hydrogens is 237 g/mol. The number of carboxylic acid groups (broad SMARTS) is 1. The normalized spacial score (nSPS) is 16.1. The molecule has 0 saturated heterocycles. The first-order valence-corrected chi connectivity index (χ1v) is 4.86. The van der Waals surface area contributed by atoms with Gasteiger partial charge in [0.2, 0.25) is 4.87 Å². The number of hydrogen-bond donors (Lipinski definition) is 1. The minimum atomic E-state index is -2.14. The van der Waals surface area contributed by atoms with Crippen LogP contribution in [0.2, 0.25) is 0 Å². The Kier molecular flexibility index (Phi) is 3.57. The molecule has 0 bridgehead atoms. The molecule has 2 atom stereocenters. The zero-order valence-electron chi connectivity index (χ0n) is 7.52. The maximum Gasteiger partial charge on any atom is 0.341 e. The molecule has 5 heteroatoms. The molecule has 1 N–H and O–H groups in total. The smallest absolute Gasteiger partial charge is 0.341 e. The van der Waals surface area contributed by atoms with Gasteiger partial charge in [-0.15, -0.1) is 11.6 Å². The zero-order valence-corrected chi connectivity index (χ0v) is 9.03. The van der Waals surface area contributed by atoms with E-state index in [9.17, 15) is 4.79 Å². The lowest BCUT2D eigenvalue weighted by molar-refractivity contribution is -0.138. The molecule has 0 aliphatic heterocycles. The van der Waals surface area contributed by atoms with Gasteiger partial charge in [0.1, 0.15) is 5.38 Å². The van der Waals surface area contributed by atoms with Crippen molar-refractivity contribution in [3.05, 3.63) is 35.9 Å². The first kappa shape index (κ1) is 11.8. The Balaban J connectivity index is 3.09. The van der Waals surface area contributed by atoms with Crippen molar-refractivity contribution in [3.63, 3.8) is 0 Å². The second kappa shape index (κ2) is 4.52. The number of carboxylic acids is 1. The summed E-state index contributed by atoms with van der Waals surface area (Å²) in [4.78, 5) is 8.69. The van der Waals surface area contributed by atoms with Crippen molar-refractivity contribution in [1.29, 1.82) is 5.26 Å². The third-order valence-electron chi connectivity index (χ3n) is 1.92. The summed E-state index contributed by atoms with van der Waals surface area (Å²) in [5, 5.41) is 16.5. The van der Waals surface area contributed by atoms with Crippen LogP contribution in [-0.2, 0) is 4.79 Å². The van der Waals surface area contributed by atoms with E-state index in [-0.39, 0.29) is 0 Å². The summed E-state index contributed by atoms with van der Waals surface area (Å²) >= 11 is 11.5. The van der Waals surface area contributed by atoms with Crippen LogP contribution >= 0.6 is 23.2 Å². The Morgan fingerprint density at radius 3 is 2.40 bits per heavy atom. The van der Waals surface area contributed by atoms with Gasteiger partial charge in [-0.05, 0) is 5.56 Å². The fraction of sp³-hybridized carbons (Fsp3) is 0.200. The van der Waals surface area contributed by atoms with Gasteiger partial charge in [-0.2, -0.15) is 5.26 Å². The van der Waals surface area contributed by atoms with E-state index in [1.807, 2.05) is 0 Å². The molecule has 0 aliphatic carbocycles. The zero-order chi connectivity index (χ0) is 11.5. The molecule has 0 amide bonds. The topological polar surface area (TPSA) is 61.1 Å². The maximum absolute atomic E-state index is 10.8. The number of nitrogens with zero attached hydrogens (tertiary/aromatic N) is 1. The highest BCUT2D eigenvalue weighted by molar-refractivity contribution is 6.42. The molecule has 0 spiro atoms. The Labute approximate surface area is 96.8 Å². The number of nitriles is 1. The van der Waals surface area contributed by atoms with Gasteiger partial charge in [0, 0.05) is 0 Å². The molecule has 0 aliphatic rings. The Hall–Kier alpha value is -1.24. The molecule has 1 rings (SSSR count). The van der Waals surface area contributed by atoms with Crippen LogP contribution < -0.4 is 0 Å². The number of alkyl halides is 2. The number of aliphatic carboxylic acids is 1. The fourth-order valence-corrected chi connectivity index (χ4v) is 1.48. The Bertz CT molecular complexity index is 402. The average Bonchev–Trinajstić information content (AvgIpc) is 2.28. The minimum Gasteiger partial charge on any atom is -0.479 e. The first-order chi connectivity index (χ1) is 7.02. The molecule has 15 heavy (non-hydrogen) atoms. The number of rotatable bonds is 3. The third-order valence-corrected chi connectivity index (χ3v) is 3.07. The van der Waals surface area contributed by atoms with Crippen molar-refractivity contribution in [1.82, 2.24) is 0 Å². The Morgan fingerprint density at radius 1 is 1.47 bits per heavy atom. The van der Waals surface area contributed by atoms with Crippen molar-refractivity contribution >= 4 is 29.2 Å². The highest BCUT2D eigenvalue weighted by Gasteiger charge is 2.45. The number of halogens is 2. The van der Waals surface area contributed by atoms with E-state index in [1.165, 1.54) is 6.07 Å². The molecule has 0 heterocycles. The predicted molar refractivity (Wildman–Crippen MR) is 56.9 cm³/mol. The summed E-state index contributed by atoms with van der Waals surface area (Å²) in [7, 11) is 0. The summed E-state index contributed by atoms with van der Waals surface area (Å²) in [5.41, 5.74) is 0.498. The Morgan fingerprint density at radius 2 is 2.00 bits per heavy atom. The van der Waals surface area contributed by atoms with Gasteiger partial charge in [0.15, 0.2) is 0 Å². The van der Waals surface area contributed by atoms with Crippen molar-refractivity contribution < 1.29 is 9.90 Å². The van der Waals surface area contributed by atoms with Crippen LogP contribution in [0.1, 0.15) is 10.9 Å². The van der Waals surface area contributed by atoms with Crippen molar-refractivity contribution in [2.75, 3.05) is 0 Å². The standard InChI is InChI=1S/C10H7Cl2NO2/c11-8(7-4-2-1-3-5-7)10(12,6-13)9(14)15/h1-5,8H,(H,14,15). The molecular formula is C10H7Cl2NO2. The second-order valence-electron chi connectivity index (χ2n) is 2.90. The van der Waals surface area contributed by atoms with Gasteiger partial charge >= 0.3 is 5.97 Å². The lowest BCUT2D eigenvalue weighted by atomic mass is 9.99. The summed E-state index contributed by atoms with van der Waals surface area (Å²) in [6.45, 7) is 0. The van der Waals surface area contributed by atoms with Crippen LogP contribution in [0.15, 0.2) is 30.3 Å². The van der Waals surface area contributed by atoms with E-state index < -0.39 is 16.2 Å². The highest BCUT2D eigenvalue weighted by Crippen LogP contribution is 2.37. The molecule has 0 aromatic heterocycles. The second-order valence-corrected chi connectivity index (χ2v) is 3.93. The van der Waals surface area contributed by atoms with Crippen LogP contribution in [-0.4, -0.2) is 16.0 Å². The van der Waals surface area contributed by atoms with Crippen LogP contribution in [0.25, 0.3) is 0 Å². The lowest BCUT2D eigenvalue weighted by Crippen LogP contribution is -2.35. The van der Waals surface area contributed by atoms with E-state index in [0.717, 1.165) is 0 Å². The summed E-state index contributed by atoms with van der Waals surface area (Å²) in [6.07, 6.45) is 0. The van der Waals surface area contributed by atoms with Gasteiger partial charge in [0.25, 0.3) is 0 Å². The summed E-state index contributed by atoms with van der Waals surface area (Å²) in [6, 6.07) is 9.90. The quantitative estimate of drug-likeness (QED) is 0.831. The number of carbonyl (C=O) groups is 1. The first-order valence-electron chi connectivity index (χ1n) is 4.05. The van der Waals surface area contributed by atoms with Gasteiger partial charge in [-0.25, -0.2) is 4.79 Å². The van der Waals surface area contributed by atoms with Crippen LogP contribution in [0.4, 0.5) is 0 Å². The van der Waals surface area contributed by atoms with Crippen LogP contribution in [0, 0.1) is 11.3 Å². The summed E-state index contributed by atoms with van der Waals surface area (Å²) < 4.78 is 0. The van der Waals surface area contributed by atoms with E-state index in [1.54, 1.807) is 30.3 Å². The molecule has 0 fully saturated rings. The number of benzene rings is 1. The largest absolute Gasteiger partial charge is 0.479 e. The average molecular weight is 244 g/mol. The van der Waals surface area contributed by atoms with E-state index in [0.29, 0.717) is 5.56 Å². The van der Waals surface area contributed by atoms with Gasteiger partial charge in [0.05, 0.1) is 6.07 Å². The van der Waals surface area contributed by atoms with Gasteiger partial charge < -0.3 is 5.11 Å². The molecule has 78 valence electrons. The van der Waals surface area contributed by atoms with Crippen molar-refractivity contribution in [3.8, 4) is 6.07 Å². The molecule has 1 aromatic rings. The van der Waals surface area contributed by atoms with Crippen molar-refractivity contribution in [2.45, 2.75) is 10.3 Å². The highest BCUT2D eigenvalue weighted by atomic mass is 35.5. The van der Waals surface area contributed by atoms with E-state index in [2.05, 4.69) is 0 Å². The van der Waals surface area contributed by atoms with E-state index in [4.69, 9.17) is 33.6 Å². The SMILES string of the molecule is N#CC(Cl)(C(=O)O)C(Cl)c1ccccc1. The fourth-order valence-electron chi connectivity index (χ4n) is 1.06. The van der Waals surface area contributed by atoms with Gasteiger partial charge in [-0.3, -0.25) is 0 Å². The van der Waals surface area contributed by atoms with Gasteiger partial charge in [-0.1, -0.05) is 41.9 Å². The summed E-state index contributed by atoms with van der Waals surface area (Å²) in [5.74, 6) is -1.45. The van der Waals surface area contributed by atoms with Crippen LogP contribution in [0.3, 0.4) is 0 Å². The van der Waals surface area contributed by atoms with E-state index >= 15 is 0 Å².